The van der Waals surface area contributed by atoms with E-state index in [-0.39, 0.29) is 34.1 Å². The number of aromatic nitrogens is 1. The van der Waals surface area contributed by atoms with Gasteiger partial charge in [0.15, 0.2) is 16.6 Å². The summed E-state index contributed by atoms with van der Waals surface area (Å²) in [5.41, 5.74) is 1.99. The van der Waals surface area contributed by atoms with E-state index in [4.69, 9.17) is 18.9 Å². The molecule has 2 aromatic carbocycles. The summed E-state index contributed by atoms with van der Waals surface area (Å²) in [7, 11) is 0. The Kier molecular flexibility index (Phi) is 9.57. The first-order chi connectivity index (χ1) is 21.7. The minimum absolute atomic E-state index is 0.00744. The van der Waals surface area contributed by atoms with Crippen LogP contribution in [0.5, 0.6) is 17.2 Å². The number of anilines is 1. The molecule has 2 aliphatic heterocycles. The summed E-state index contributed by atoms with van der Waals surface area (Å²) in [5.74, 6) is -1.05. The topological polar surface area (TPSA) is 124 Å². The maximum atomic E-state index is 13.8. The SMILES string of the molecule is C=CCOC(=O)c1sc(N2C(=O)C(=O)/C(=C(/O)c3ccc4c(c3)CC(C)O4)C2c2ccc(OCCCC)c(OCC)c2)nc1C. The molecule has 0 aliphatic carbocycles. The molecule has 10 nitrogen and oxygen atoms in total. The van der Waals surface area contributed by atoms with Gasteiger partial charge in [-0.05, 0) is 68.7 Å². The van der Waals surface area contributed by atoms with Gasteiger partial charge in [-0.15, -0.1) is 0 Å². The molecule has 1 N–H and O–H groups in total. The number of carbonyl (C=O) groups is 3. The second-order valence-corrected chi connectivity index (χ2v) is 11.7. The van der Waals surface area contributed by atoms with Crippen molar-refractivity contribution in [1.82, 2.24) is 4.98 Å². The van der Waals surface area contributed by atoms with Crippen molar-refractivity contribution in [2.45, 2.75) is 59.1 Å². The molecule has 5 rings (SSSR count). The summed E-state index contributed by atoms with van der Waals surface area (Å²) in [6.45, 7) is 11.9. The zero-order valence-corrected chi connectivity index (χ0v) is 26.6. The van der Waals surface area contributed by atoms with Crippen molar-refractivity contribution >= 4 is 39.9 Å². The molecule has 3 heterocycles. The number of unbranched alkanes of at least 4 members (excludes halogenated alkanes) is 1. The zero-order valence-electron chi connectivity index (χ0n) is 25.8. The smallest absolute Gasteiger partial charge is 0.350 e. The van der Waals surface area contributed by atoms with Crippen LogP contribution in [0.4, 0.5) is 5.13 Å². The average Bonchev–Trinajstić information content (AvgIpc) is 3.67. The number of aliphatic hydroxyl groups excluding tert-OH is 1. The number of aliphatic hydroxyl groups is 1. The van der Waals surface area contributed by atoms with Crippen LogP contribution in [-0.4, -0.2) is 53.7 Å². The Balaban J connectivity index is 1.66. The van der Waals surface area contributed by atoms with Crippen molar-refractivity contribution in [3.05, 3.63) is 81.9 Å². The fourth-order valence-electron chi connectivity index (χ4n) is 5.35. The molecule has 2 unspecified atom stereocenters. The number of ketones is 1. The number of fused-ring (bicyclic) bond motifs is 1. The van der Waals surface area contributed by atoms with Crippen LogP contribution in [0.2, 0.25) is 0 Å². The highest BCUT2D eigenvalue weighted by Crippen LogP contribution is 2.46. The Hall–Kier alpha value is -4.64. The molecular weight excluding hydrogens is 596 g/mol. The molecule has 0 radical (unpaired) electrons. The van der Waals surface area contributed by atoms with E-state index in [1.807, 2.05) is 13.8 Å². The first-order valence-corrected chi connectivity index (χ1v) is 15.8. The summed E-state index contributed by atoms with van der Waals surface area (Å²) in [6, 6.07) is 9.28. The molecule has 1 saturated heterocycles. The molecule has 11 heteroatoms. The number of aryl methyl sites for hydroxylation is 1. The number of rotatable bonds is 12. The molecule has 3 aromatic rings. The minimum atomic E-state index is -1.08. The summed E-state index contributed by atoms with van der Waals surface area (Å²) in [6.07, 6.45) is 3.90. The first-order valence-electron chi connectivity index (χ1n) is 14.9. The summed E-state index contributed by atoms with van der Waals surface area (Å²) < 4.78 is 22.9. The van der Waals surface area contributed by atoms with E-state index in [1.165, 1.54) is 11.0 Å². The molecule has 0 bridgehead atoms. The lowest BCUT2D eigenvalue weighted by atomic mass is 9.94. The predicted octanol–water partition coefficient (Wildman–Crippen LogP) is 6.32. The highest BCUT2D eigenvalue weighted by atomic mass is 32.1. The van der Waals surface area contributed by atoms with Crippen LogP contribution in [-0.2, 0) is 20.7 Å². The van der Waals surface area contributed by atoms with Gasteiger partial charge >= 0.3 is 11.9 Å². The monoisotopic (exact) mass is 632 g/mol. The third-order valence-electron chi connectivity index (χ3n) is 7.46. The van der Waals surface area contributed by atoms with E-state index in [9.17, 15) is 19.5 Å². The Labute approximate surface area is 265 Å². The highest BCUT2D eigenvalue weighted by Gasteiger charge is 2.49. The molecule has 2 atom stereocenters. The van der Waals surface area contributed by atoms with Crippen LogP contribution in [0, 0.1) is 6.92 Å². The van der Waals surface area contributed by atoms with Gasteiger partial charge < -0.3 is 24.1 Å². The second-order valence-electron chi connectivity index (χ2n) is 10.8. The number of nitrogens with zero attached hydrogens (tertiary/aromatic N) is 2. The number of esters is 1. The van der Waals surface area contributed by atoms with Gasteiger partial charge in [0.1, 0.15) is 29.1 Å². The van der Waals surface area contributed by atoms with E-state index in [0.717, 1.165) is 29.7 Å². The fraction of sp³-hybridized carbons (Fsp3) is 0.353. The summed E-state index contributed by atoms with van der Waals surface area (Å²) in [5, 5.41) is 11.8. The number of benzene rings is 2. The van der Waals surface area contributed by atoms with Gasteiger partial charge in [-0.25, -0.2) is 9.78 Å². The van der Waals surface area contributed by atoms with Crippen molar-refractivity contribution in [2.75, 3.05) is 24.7 Å². The highest BCUT2D eigenvalue weighted by molar-refractivity contribution is 7.17. The van der Waals surface area contributed by atoms with Crippen LogP contribution in [0.25, 0.3) is 5.76 Å². The maximum absolute atomic E-state index is 13.8. The van der Waals surface area contributed by atoms with Crippen molar-refractivity contribution in [2.24, 2.45) is 0 Å². The van der Waals surface area contributed by atoms with Crippen molar-refractivity contribution in [3.63, 3.8) is 0 Å². The van der Waals surface area contributed by atoms with Crippen molar-refractivity contribution in [3.8, 4) is 17.2 Å². The number of carbonyl (C=O) groups excluding carboxylic acids is 3. The van der Waals surface area contributed by atoms with Crippen LogP contribution in [0.3, 0.4) is 0 Å². The third-order valence-corrected chi connectivity index (χ3v) is 8.60. The Bertz CT molecular complexity index is 1680. The van der Waals surface area contributed by atoms with Crippen molar-refractivity contribution in [1.29, 1.82) is 0 Å². The molecule has 236 valence electrons. The fourth-order valence-corrected chi connectivity index (χ4v) is 6.34. The molecule has 2 aliphatic rings. The van der Waals surface area contributed by atoms with Crippen molar-refractivity contribution < 1.29 is 38.4 Å². The lowest BCUT2D eigenvalue weighted by Crippen LogP contribution is -2.29. The molecule has 0 saturated carbocycles. The summed E-state index contributed by atoms with van der Waals surface area (Å²) in [4.78, 5) is 46.2. The van der Waals surface area contributed by atoms with E-state index in [1.54, 1.807) is 43.3 Å². The maximum Gasteiger partial charge on any atom is 0.350 e. The lowest BCUT2D eigenvalue weighted by Gasteiger charge is -2.24. The predicted molar refractivity (Wildman–Crippen MR) is 170 cm³/mol. The standard InChI is InChI=1S/C34H36N2O8S/c1-6-9-15-42-25-13-10-21(18-26(25)41-8-3)28-27(29(37)22-11-12-24-23(17-22)16-19(4)44-24)30(38)32(39)36(28)34-35-20(5)31(45-34)33(40)43-14-7-2/h7,10-13,17-19,28,37H,2,6,8-9,14-16H2,1,3-5H3/b29-27+. The second kappa shape index (κ2) is 13.6. The quantitative estimate of drug-likeness (QED) is 0.0610. The number of hydrogen-bond acceptors (Lipinski definition) is 10. The Morgan fingerprint density at radius 2 is 1.98 bits per heavy atom. The number of amides is 1. The lowest BCUT2D eigenvalue weighted by molar-refractivity contribution is -0.132. The van der Waals surface area contributed by atoms with Gasteiger partial charge in [0.2, 0.25) is 0 Å². The van der Waals surface area contributed by atoms with E-state index < -0.39 is 23.7 Å². The molecular formula is C34H36N2O8S. The van der Waals surface area contributed by atoms with Crippen LogP contribution >= 0.6 is 11.3 Å². The number of thiazole rings is 1. The van der Waals surface area contributed by atoms with Gasteiger partial charge in [-0.3, -0.25) is 14.5 Å². The van der Waals surface area contributed by atoms with Gasteiger partial charge in [-0.1, -0.05) is 43.4 Å². The normalized spacial score (nSPS) is 18.4. The Morgan fingerprint density at radius 3 is 2.71 bits per heavy atom. The van der Waals surface area contributed by atoms with Crippen LogP contribution in [0.1, 0.15) is 71.7 Å². The summed E-state index contributed by atoms with van der Waals surface area (Å²) >= 11 is 0.933. The third kappa shape index (κ3) is 6.30. The zero-order chi connectivity index (χ0) is 32.2. The number of ether oxygens (including phenoxy) is 4. The molecule has 1 fully saturated rings. The van der Waals surface area contributed by atoms with Crippen LogP contribution in [0.15, 0.2) is 54.6 Å². The number of Topliss-reactive ketones (excluding diaryl/α,β-unsaturated/α-hetero) is 1. The molecule has 1 amide bonds. The number of hydrogen-bond donors (Lipinski definition) is 1. The van der Waals surface area contributed by atoms with Crippen LogP contribution < -0.4 is 19.1 Å². The van der Waals surface area contributed by atoms with Gasteiger partial charge in [-0.2, -0.15) is 0 Å². The Morgan fingerprint density at radius 1 is 1.18 bits per heavy atom. The van der Waals surface area contributed by atoms with E-state index in [2.05, 4.69) is 18.5 Å². The minimum Gasteiger partial charge on any atom is -0.507 e. The average molecular weight is 633 g/mol. The first kappa shape index (κ1) is 31.8. The van der Waals surface area contributed by atoms with Gasteiger partial charge in [0, 0.05) is 12.0 Å². The van der Waals surface area contributed by atoms with Gasteiger partial charge in [0.25, 0.3) is 5.78 Å². The molecule has 45 heavy (non-hydrogen) atoms. The van der Waals surface area contributed by atoms with E-state index in [0.29, 0.717) is 53.7 Å². The molecule has 0 spiro atoms. The largest absolute Gasteiger partial charge is 0.507 e. The van der Waals surface area contributed by atoms with Gasteiger partial charge in [0.05, 0.1) is 30.5 Å². The van der Waals surface area contributed by atoms with E-state index >= 15 is 0 Å². The molecule has 1 aromatic heterocycles.